The van der Waals surface area contributed by atoms with Crippen LogP contribution in [0.25, 0.3) is 16.3 Å². The van der Waals surface area contributed by atoms with Crippen LogP contribution in [0.4, 0.5) is 5.69 Å². The molecule has 0 unspecified atom stereocenters. The topological polar surface area (TPSA) is 81.2 Å². The molecule has 154 valence electrons. The summed E-state index contributed by atoms with van der Waals surface area (Å²) in [6.07, 6.45) is 5.36. The first kappa shape index (κ1) is 20.2. The first-order chi connectivity index (χ1) is 14.5. The highest BCUT2D eigenvalue weighted by Crippen LogP contribution is 2.40. The molecule has 2 heterocycles. The van der Waals surface area contributed by atoms with Crippen LogP contribution in [0.1, 0.15) is 58.0 Å². The fourth-order valence-electron chi connectivity index (χ4n) is 3.32. The first-order valence-electron chi connectivity index (χ1n) is 10.00. The lowest BCUT2D eigenvalue weighted by Crippen LogP contribution is -2.11. The van der Waals surface area contributed by atoms with Gasteiger partial charge in [0.15, 0.2) is 0 Å². The summed E-state index contributed by atoms with van der Waals surface area (Å²) in [7, 11) is 0. The van der Waals surface area contributed by atoms with Crippen molar-refractivity contribution in [2.24, 2.45) is 0 Å². The zero-order chi connectivity index (χ0) is 21.3. The number of nitrogens with one attached hydrogen (secondary N) is 1. The van der Waals surface area contributed by atoms with Crippen molar-refractivity contribution in [3.05, 3.63) is 57.9 Å². The zero-order valence-electron chi connectivity index (χ0n) is 17.2. The average Bonchev–Trinajstić information content (AvgIpc) is 3.51. The number of hydrogen-bond acceptors (Lipinski definition) is 6. The highest BCUT2D eigenvalue weighted by atomic mass is 32.1. The van der Waals surface area contributed by atoms with Crippen LogP contribution in [0.3, 0.4) is 0 Å². The number of nitrogens with zero attached hydrogens (tertiary/aromatic N) is 2. The highest BCUT2D eigenvalue weighted by molar-refractivity contribution is 7.20. The largest absolute Gasteiger partial charge is 0.463 e. The van der Waals surface area contributed by atoms with Gasteiger partial charge in [0.05, 0.1) is 17.2 Å². The van der Waals surface area contributed by atoms with Crippen LogP contribution in [0.15, 0.2) is 30.3 Å². The van der Waals surface area contributed by atoms with Gasteiger partial charge in [-0.25, -0.2) is 14.8 Å². The van der Waals surface area contributed by atoms with E-state index in [1.165, 1.54) is 17.4 Å². The molecule has 1 fully saturated rings. The SMILES string of the molecule is CCOC(=O)/C=C/c1ccc(NC(=O)c2sc3nc(C4CC4)nc(C)c3c2C)cc1. The van der Waals surface area contributed by atoms with E-state index < -0.39 is 0 Å². The van der Waals surface area contributed by atoms with E-state index in [-0.39, 0.29) is 11.9 Å². The van der Waals surface area contributed by atoms with Gasteiger partial charge in [0.2, 0.25) is 0 Å². The molecule has 0 atom stereocenters. The molecule has 1 aliphatic rings. The molecule has 0 radical (unpaired) electrons. The molecule has 2 aromatic heterocycles. The molecule has 3 aromatic rings. The Kier molecular flexibility index (Phi) is 5.63. The average molecular weight is 422 g/mol. The van der Waals surface area contributed by atoms with Gasteiger partial charge in [-0.3, -0.25) is 4.79 Å². The summed E-state index contributed by atoms with van der Waals surface area (Å²) in [6.45, 7) is 6.05. The minimum Gasteiger partial charge on any atom is -0.463 e. The van der Waals surface area contributed by atoms with Crippen LogP contribution in [0.2, 0.25) is 0 Å². The first-order valence-corrected chi connectivity index (χ1v) is 10.8. The lowest BCUT2D eigenvalue weighted by Gasteiger charge is -2.05. The molecule has 1 saturated carbocycles. The van der Waals surface area contributed by atoms with Crippen molar-refractivity contribution in [2.75, 3.05) is 11.9 Å². The predicted octanol–water partition coefficient (Wildman–Crippen LogP) is 5.01. The summed E-state index contributed by atoms with van der Waals surface area (Å²) in [6, 6.07) is 7.28. The van der Waals surface area contributed by atoms with Gasteiger partial charge in [0, 0.05) is 23.1 Å². The Morgan fingerprint density at radius 1 is 1.20 bits per heavy atom. The summed E-state index contributed by atoms with van der Waals surface area (Å²) in [5, 5.41) is 3.93. The van der Waals surface area contributed by atoms with Crippen LogP contribution in [-0.4, -0.2) is 28.5 Å². The summed E-state index contributed by atoms with van der Waals surface area (Å²) >= 11 is 1.42. The number of fused-ring (bicyclic) bond motifs is 1. The second kappa shape index (κ2) is 8.36. The van der Waals surface area contributed by atoms with E-state index in [1.807, 2.05) is 38.1 Å². The Labute approximate surface area is 179 Å². The molecule has 0 aliphatic heterocycles. The third-order valence-corrected chi connectivity index (χ3v) is 6.19. The third kappa shape index (κ3) is 4.26. The van der Waals surface area contributed by atoms with Gasteiger partial charge in [0.25, 0.3) is 5.91 Å². The second-order valence-electron chi connectivity index (χ2n) is 7.34. The maximum absolute atomic E-state index is 12.9. The smallest absolute Gasteiger partial charge is 0.330 e. The van der Waals surface area contributed by atoms with Crippen molar-refractivity contribution in [2.45, 2.75) is 39.5 Å². The van der Waals surface area contributed by atoms with Crippen molar-refractivity contribution < 1.29 is 14.3 Å². The van der Waals surface area contributed by atoms with E-state index in [0.29, 0.717) is 23.1 Å². The van der Waals surface area contributed by atoms with E-state index >= 15 is 0 Å². The standard InChI is InChI=1S/C23H23N3O3S/c1-4-29-18(27)12-7-15-5-10-17(11-6-15)25-22(28)20-13(2)19-14(3)24-21(16-8-9-16)26-23(19)30-20/h5-7,10-12,16H,4,8-9H2,1-3H3,(H,25,28)/b12-7+. The Balaban J connectivity index is 1.51. The molecular formula is C23H23N3O3S. The molecule has 0 saturated heterocycles. The van der Waals surface area contributed by atoms with Gasteiger partial charge in [-0.1, -0.05) is 12.1 Å². The molecule has 7 heteroatoms. The maximum Gasteiger partial charge on any atom is 0.330 e. The van der Waals surface area contributed by atoms with Gasteiger partial charge in [-0.05, 0) is 62.9 Å². The number of benzene rings is 1. The van der Waals surface area contributed by atoms with Gasteiger partial charge in [0.1, 0.15) is 10.7 Å². The van der Waals surface area contributed by atoms with Crippen LogP contribution >= 0.6 is 11.3 Å². The molecule has 0 spiro atoms. The fraction of sp³-hybridized carbons (Fsp3) is 0.304. The zero-order valence-corrected chi connectivity index (χ0v) is 18.0. The van der Waals surface area contributed by atoms with E-state index in [9.17, 15) is 9.59 Å². The van der Waals surface area contributed by atoms with Crippen LogP contribution in [0, 0.1) is 13.8 Å². The summed E-state index contributed by atoms with van der Waals surface area (Å²) in [4.78, 5) is 35.2. The number of amides is 1. The number of aryl methyl sites for hydroxylation is 2. The van der Waals surface area contributed by atoms with E-state index in [1.54, 1.807) is 13.0 Å². The molecule has 4 rings (SSSR count). The maximum atomic E-state index is 12.9. The van der Waals surface area contributed by atoms with Crippen LogP contribution in [0.5, 0.6) is 0 Å². The van der Waals surface area contributed by atoms with Crippen LogP contribution < -0.4 is 5.32 Å². The van der Waals surface area contributed by atoms with Gasteiger partial charge in [-0.2, -0.15) is 0 Å². The summed E-state index contributed by atoms with van der Waals surface area (Å²) in [5.74, 6) is 0.847. The predicted molar refractivity (Wildman–Crippen MR) is 119 cm³/mol. The monoisotopic (exact) mass is 421 g/mol. The number of carbonyl (C=O) groups excluding carboxylic acids is 2. The minimum atomic E-state index is -0.377. The van der Waals surface area contributed by atoms with Crippen molar-refractivity contribution in [3.63, 3.8) is 0 Å². The lowest BCUT2D eigenvalue weighted by molar-refractivity contribution is -0.137. The number of carbonyl (C=O) groups is 2. The highest BCUT2D eigenvalue weighted by Gasteiger charge is 2.28. The Bertz CT molecular complexity index is 1140. The van der Waals surface area contributed by atoms with E-state index in [4.69, 9.17) is 9.72 Å². The lowest BCUT2D eigenvalue weighted by atomic mass is 10.1. The van der Waals surface area contributed by atoms with Crippen molar-refractivity contribution in [3.8, 4) is 0 Å². The fourth-order valence-corrected chi connectivity index (χ4v) is 4.45. The number of thiophene rings is 1. The van der Waals surface area contributed by atoms with E-state index in [2.05, 4.69) is 10.3 Å². The van der Waals surface area contributed by atoms with Crippen molar-refractivity contribution in [1.29, 1.82) is 0 Å². The van der Waals surface area contributed by atoms with E-state index in [0.717, 1.165) is 45.7 Å². The van der Waals surface area contributed by atoms with Crippen molar-refractivity contribution >= 4 is 45.2 Å². The minimum absolute atomic E-state index is 0.155. The summed E-state index contributed by atoms with van der Waals surface area (Å²) in [5.41, 5.74) is 3.39. The molecule has 0 bridgehead atoms. The Morgan fingerprint density at radius 3 is 2.60 bits per heavy atom. The molecular weight excluding hydrogens is 398 g/mol. The Morgan fingerprint density at radius 2 is 1.93 bits per heavy atom. The number of anilines is 1. The third-order valence-electron chi connectivity index (χ3n) is 5.00. The summed E-state index contributed by atoms with van der Waals surface area (Å²) < 4.78 is 4.87. The quantitative estimate of drug-likeness (QED) is 0.447. The molecule has 6 nitrogen and oxygen atoms in total. The number of aromatic nitrogens is 2. The van der Waals surface area contributed by atoms with Gasteiger partial charge in [-0.15, -0.1) is 11.3 Å². The van der Waals surface area contributed by atoms with Gasteiger partial charge < -0.3 is 10.1 Å². The Hall–Kier alpha value is -3.06. The number of hydrogen-bond donors (Lipinski definition) is 1. The van der Waals surface area contributed by atoms with Crippen LogP contribution in [-0.2, 0) is 9.53 Å². The molecule has 1 aromatic carbocycles. The molecule has 1 N–H and O–H groups in total. The second-order valence-corrected chi connectivity index (χ2v) is 8.34. The number of ether oxygens (including phenoxy) is 1. The molecule has 1 amide bonds. The normalized spacial score (nSPS) is 13.7. The number of esters is 1. The molecule has 30 heavy (non-hydrogen) atoms. The van der Waals surface area contributed by atoms with Gasteiger partial charge >= 0.3 is 5.97 Å². The number of rotatable bonds is 6. The molecule has 1 aliphatic carbocycles. The van der Waals surface area contributed by atoms with Crippen molar-refractivity contribution in [1.82, 2.24) is 9.97 Å².